The van der Waals surface area contributed by atoms with Crippen molar-refractivity contribution in [2.75, 3.05) is 5.43 Å². The SMILES string of the molecule is O=[N+]([O-])c1ccc(N/N=C\C2=C(/C=C/c3ccccc3)CCCC2)c([N+](=O)[O-])c1. The van der Waals surface area contributed by atoms with Gasteiger partial charge in [-0.05, 0) is 48.5 Å². The maximum absolute atomic E-state index is 11.2. The van der Waals surface area contributed by atoms with E-state index in [2.05, 4.69) is 22.7 Å². The summed E-state index contributed by atoms with van der Waals surface area (Å²) in [6.45, 7) is 0. The Hall–Kier alpha value is -3.81. The predicted molar refractivity (Wildman–Crippen MR) is 113 cm³/mol. The van der Waals surface area contributed by atoms with Gasteiger partial charge in [0.25, 0.3) is 5.69 Å². The van der Waals surface area contributed by atoms with Crippen LogP contribution in [0.4, 0.5) is 17.1 Å². The van der Waals surface area contributed by atoms with E-state index in [4.69, 9.17) is 0 Å². The summed E-state index contributed by atoms with van der Waals surface area (Å²) in [6.07, 6.45) is 9.81. The summed E-state index contributed by atoms with van der Waals surface area (Å²) in [5.41, 5.74) is 5.39. The molecule has 0 unspecified atom stereocenters. The Kier molecular flexibility index (Phi) is 6.47. The Labute approximate surface area is 167 Å². The monoisotopic (exact) mass is 392 g/mol. The van der Waals surface area contributed by atoms with Crippen molar-refractivity contribution in [3.63, 3.8) is 0 Å². The highest BCUT2D eigenvalue weighted by Gasteiger charge is 2.19. The van der Waals surface area contributed by atoms with Crippen molar-refractivity contribution in [1.82, 2.24) is 0 Å². The molecule has 29 heavy (non-hydrogen) atoms. The second-order valence-electron chi connectivity index (χ2n) is 6.59. The first-order chi connectivity index (χ1) is 14.0. The van der Waals surface area contributed by atoms with Crippen LogP contribution < -0.4 is 5.43 Å². The molecule has 0 fully saturated rings. The summed E-state index contributed by atoms with van der Waals surface area (Å²) in [4.78, 5) is 20.7. The van der Waals surface area contributed by atoms with Gasteiger partial charge in [-0.2, -0.15) is 5.10 Å². The average Bonchev–Trinajstić information content (AvgIpc) is 2.73. The van der Waals surface area contributed by atoms with E-state index in [1.165, 1.54) is 17.7 Å². The number of benzene rings is 2. The topological polar surface area (TPSA) is 111 Å². The van der Waals surface area contributed by atoms with Crippen LogP contribution in [0.5, 0.6) is 0 Å². The van der Waals surface area contributed by atoms with Crippen LogP contribution >= 0.6 is 0 Å². The molecule has 0 atom stereocenters. The number of rotatable bonds is 7. The minimum atomic E-state index is -0.668. The van der Waals surface area contributed by atoms with Crippen LogP contribution in [0.3, 0.4) is 0 Å². The fourth-order valence-corrected chi connectivity index (χ4v) is 3.11. The van der Waals surface area contributed by atoms with Crippen LogP contribution in [0.25, 0.3) is 6.08 Å². The van der Waals surface area contributed by atoms with Crippen molar-refractivity contribution in [1.29, 1.82) is 0 Å². The summed E-state index contributed by atoms with van der Waals surface area (Å²) in [6, 6.07) is 13.4. The molecule has 0 amide bonds. The Morgan fingerprint density at radius 3 is 2.31 bits per heavy atom. The first kappa shape index (κ1) is 19.9. The zero-order valence-electron chi connectivity index (χ0n) is 15.7. The lowest BCUT2D eigenvalue weighted by Crippen LogP contribution is -2.02. The first-order valence-corrected chi connectivity index (χ1v) is 9.21. The molecular weight excluding hydrogens is 372 g/mol. The van der Waals surface area contributed by atoms with Gasteiger partial charge < -0.3 is 0 Å². The van der Waals surface area contributed by atoms with E-state index < -0.39 is 15.5 Å². The van der Waals surface area contributed by atoms with Crippen LogP contribution in [-0.4, -0.2) is 16.1 Å². The molecule has 0 bridgehead atoms. The van der Waals surface area contributed by atoms with Crippen LogP contribution in [0, 0.1) is 20.2 Å². The normalized spacial score (nSPS) is 14.5. The minimum absolute atomic E-state index is 0.106. The average molecular weight is 392 g/mol. The Morgan fingerprint density at radius 1 is 0.897 bits per heavy atom. The molecule has 2 aromatic rings. The van der Waals surface area contributed by atoms with Gasteiger partial charge in [-0.25, -0.2) is 0 Å². The third-order valence-corrected chi connectivity index (χ3v) is 4.63. The van der Waals surface area contributed by atoms with Crippen molar-refractivity contribution >= 4 is 29.4 Å². The maximum atomic E-state index is 11.2. The fourth-order valence-electron chi connectivity index (χ4n) is 3.11. The van der Waals surface area contributed by atoms with Crippen molar-refractivity contribution in [2.24, 2.45) is 5.10 Å². The molecule has 8 nitrogen and oxygen atoms in total. The largest absolute Gasteiger partial charge is 0.301 e. The number of anilines is 1. The lowest BCUT2D eigenvalue weighted by Gasteiger charge is -2.15. The van der Waals surface area contributed by atoms with Crippen molar-refractivity contribution < 1.29 is 9.85 Å². The molecule has 148 valence electrons. The number of nitrogens with zero attached hydrogens (tertiary/aromatic N) is 3. The van der Waals surface area contributed by atoms with Crippen LogP contribution in [0.2, 0.25) is 0 Å². The smallest absolute Gasteiger partial charge is 0.272 e. The molecule has 1 aliphatic carbocycles. The van der Waals surface area contributed by atoms with Crippen molar-refractivity contribution in [3.05, 3.63) is 91.5 Å². The molecule has 2 aromatic carbocycles. The first-order valence-electron chi connectivity index (χ1n) is 9.21. The number of nitro groups is 2. The lowest BCUT2D eigenvalue weighted by molar-refractivity contribution is -0.393. The Balaban J connectivity index is 1.79. The number of nitro benzene ring substituents is 2. The van der Waals surface area contributed by atoms with Crippen molar-refractivity contribution in [3.8, 4) is 0 Å². The van der Waals surface area contributed by atoms with Crippen LogP contribution in [0.1, 0.15) is 31.2 Å². The number of hydrogen-bond acceptors (Lipinski definition) is 6. The van der Waals surface area contributed by atoms with Gasteiger partial charge in [-0.3, -0.25) is 25.7 Å². The van der Waals surface area contributed by atoms with E-state index in [1.54, 1.807) is 6.21 Å². The van der Waals surface area contributed by atoms with Crippen molar-refractivity contribution in [2.45, 2.75) is 25.7 Å². The number of allylic oxidation sites excluding steroid dienone is 3. The molecule has 0 heterocycles. The third kappa shape index (κ3) is 5.35. The standard InChI is InChI=1S/C21H20N4O4/c26-24(27)19-12-13-20(21(14-19)25(28)29)23-22-15-18-9-5-4-8-17(18)11-10-16-6-2-1-3-7-16/h1-3,6-7,10-15,23H,4-5,8-9H2/b11-10+,22-15-. The van der Waals surface area contributed by atoms with Gasteiger partial charge in [0.2, 0.25) is 0 Å². The van der Waals surface area contributed by atoms with Gasteiger partial charge in [0, 0.05) is 6.07 Å². The van der Waals surface area contributed by atoms with Gasteiger partial charge in [0.15, 0.2) is 0 Å². The second-order valence-corrected chi connectivity index (χ2v) is 6.59. The lowest BCUT2D eigenvalue weighted by atomic mass is 9.92. The molecule has 0 radical (unpaired) electrons. The zero-order chi connectivity index (χ0) is 20.6. The van der Waals surface area contributed by atoms with Gasteiger partial charge in [0.1, 0.15) is 5.69 Å². The van der Waals surface area contributed by atoms with E-state index >= 15 is 0 Å². The summed E-state index contributed by atoms with van der Waals surface area (Å²) >= 11 is 0. The Bertz CT molecular complexity index is 997. The quantitative estimate of drug-likeness (QED) is 0.381. The molecule has 0 spiro atoms. The summed E-state index contributed by atoms with van der Waals surface area (Å²) < 4.78 is 0. The summed E-state index contributed by atoms with van der Waals surface area (Å²) in [5.74, 6) is 0. The van der Waals surface area contributed by atoms with E-state index in [0.717, 1.165) is 42.9 Å². The summed E-state index contributed by atoms with van der Waals surface area (Å²) in [7, 11) is 0. The number of nitrogens with one attached hydrogen (secondary N) is 1. The molecule has 0 aliphatic heterocycles. The van der Waals surface area contributed by atoms with Gasteiger partial charge in [-0.1, -0.05) is 42.5 Å². The molecule has 0 saturated heterocycles. The van der Waals surface area contributed by atoms with E-state index in [1.807, 2.05) is 30.3 Å². The molecule has 0 aromatic heterocycles. The number of hydrogen-bond donors (Lipinski definition) is 1. The zero-order valence-corrected chi connectivity index (χ0v) is 15.7. The molecule has 1 N–H and O–H groups in total. The molecule has 0 saturated carbocycles. The van der Waals surface area contributed by atoms with Crippen LogP contribution in [0.15, 0.2) is 70.9 Å². The molecular formula is C21H20N4O4. The van der Waals surface area contributed by atoms with Gasteiger partial charge in [-0.15, -0.1) is 0 Å². The number of hydrazone groups is 1. The predicted octanol–water partition coefficient (Wildman–Crippen LogP) is 5.48. The van der Waals surface area contributed by atoms with E-state index in [9.17, 15) is 20.2 Å². The summed E-state index contributed by atoms with van der Waals surface area (Å²) in [5, 5.41) is 26.2. The van der Waals surface area contributed by atoms with Gasteiger partial charge in [0.05, 0.1) is 22.1 Å². The van der Waals surface area contributed by atoms with Gasteiger partial charge >= 0.3 is 5.69 Å². The number of non-ortho nitro benzene ring substituents is 1. The molecule has 3 rings (SSSR count). The third-order valence-electron chi connectivity index (χ3n) is 4.63. The van der Waals surface area contributed by atoms with E-state index in [0.29, 0.717) is 0 Å². The highest BCUT2D eigenvalue weighted by atomic mass is 16.6. The molecule has 8 heteroatoms. The fraction of sp³-hybridized carbons (Fsp3) is 0.190. The minimum Gasteiger partial charge on any atom is -0.272 e. The van der Waals surface area contributed by atoms with E-state index in [-0.39, 0.29) is 11.4 Å². The maximum Gasteiger partial charge on any atom is 0.301 e. The highest BCUT2D eigenvalue weighted by Crippen LogP contribution is 2.29. The molecule has 1 aliphatic rings. The van der Waals surface area contributed by atoms with Crippen LogP contribution in [-0.2, 0) is 0 Å². The highest BCUT2D eigenvalue weighted by molar-refractivity contribution is 5.82. The Morgan fingerprint density at radius 2 is 1.62 bits per heavy atom. The second kappa shape index (κ2) is 9.41.